The van der Waals surface area contributed by atoms with Gasteiger partial charge in [0.05, 0.1) is 0 Å². The molecule has 1 aliphatic rings. The summed E-state index contributed by atoms with van der Waals surface area (Å²) in [7, 11) is 0. The summed E-state index contributed by atoms with van der Waals surface area (Å²) in [4.78, 5) is 0. The van der Waals surface area contributed by atoms with Crippen molar-refractivity contribution in [3.05, 3.63) is 11.5 Å². The van der Waals surface area contributed by atoms with E-state index in [4.69, 9.17) is 10.8 Å². The number of hydrogen-bond acceptors (Lipinski definition) is 2. The first-order chi connectivity index (χ1) is 5.04. The topological polar surface area (TPSA) is 46.2 Å². The van der Waals surface area contributed by atoms with E-state index in [-0.39, 0.29) is 18.6 Å². The third kappa shape index (κ3) is 1.61. The number of aliphatic hydroxyl groups is 1. The summed E-state index contributed by atoms with van der Waals surface area (Å²) in [6, 6.07) is 0. The molecule has 64 valence electrons. The number of rotatable bonds is 0. The van der Waals surface area contributed by atoms with E-state index in [1.54, 1.807) is 0 Å². The first kappa shape index (κ1) is 8.30. The van der Waals surface area contributed by atoms with Gasteiger partial charge in [0.25, 0.3) is 5.92 Å². The fourth-order valence-electron chi connectivity index (χ4n) is 1.12. The van der Waals surface area contributed by atoms with Crippen molar-refractivity contribution in [2.24, 2.45) is 5.73 Å². The summed E-state index contributed by atoms with van der Waals surface area (Å²) in [5, 5.41) is 8.97. The van der Waals surface area contributed by atoms with Crippen LogP contribution in [0.1, 0.15) is 25.7 Å². The van der Waals surface area contributed by atoms with Gasteiger partial charge in [-0.1, -0.05) is 0 Å². The normalized spacial score (nSPS) is 24.9. The Hall–Kier alpha value is -0.800. The molecule has 1 rings (SSSR count). The summed E-state index contributed by atoms with van der Waals surface area (Å²) in [5.41, 5.74) is 4.39. The van der Waals surface area contributed by atoms with Crippen molar-refractivity contribution in [1.82, 2.24) is 0 Å². The Morgan fingerprint density at radius 1 is 1.36 bits per heavy atom. The lowest BCUT2D eigenvalue weighted by Gasteiger charge is -2.14. The average molecular weight is 163 g/mol. The van der Waals surface area contributed by atoms with Crippen LogP contribution in [-0.2, 0) is 0 Å². The van der Waals surface area contributed by atoms with Crippen LogP contribution in [-0.4, -0.2) is 11.0 Å². The van der Waals surface area contributed by atoms with Gasteiger partial charge in [-0.3, -0.25) is 0 Å². The van der Waals surface area contributed by atoms with E-state index < -0.39 is 11.6 Å². The maximum atomic E-state index is 12.8. The van der Waals surface area contributed by atoms with Crippen molar-refractivity contribution >= 4 is 0 Å². The van der Waals surface area contributed by atoms with Crippen LogP contribution in [0.2, 0.25) is 0 Å². The van der Waals surface area contributed by atoms with Crippen molar-refractivity contribution in [2.45, 2.75) is 31.6 Å². The number of alkyl halides is 2. The second-order valence-corrected chi connectivity index (χ2v) is 2.77. The van der Waals surface area contributed by atoms with Gasteiger partial charge in [0, 0.05) is 12.8 Å². The van der Waals surface area contributed by atoms with Gasteiger partial charge >= 0.3 is 0 Å². The Kier molecular flexibility index (Phi) is 2.02. The first-order valence-electron chi connectivity index (χ1n) is 3.60. The quantitative estimate of drug-likeness (QED) is 0.573. The van der Waals surface area contributed by atoms with Crippen LogP contribution in [0.4, 0.5) is 8.78 Å². The summed E-state index contributed by atoms with van der Waals surface area (Å²) >= 11 is 0. The fraction of sp³-hybridized carbons (Fsp3) is 0.714. The smallest absolute Gasteiger partial charge is 0.290 e. The highest BCUT2D eigenvalue weighted by Gasteiger charge is 2.35. The third-order valence-electron chi connectivity index (χ3n) is 1.86. The fourth-order valence-corrected chi connectivity index (χ4v) is 1.12. The van der Waals surface area contributed by atoms with E-state index >= 15 is 0 Å². The average Bonchev–Trinajstić information content (AvgIpc) is 2.03. The standard InChI is InChI=1S/C7H11F2NO/c8-7(9)4-2-1-3-5(11)6(7)10/h11H,1-4,10H2. The summed E-state index contributed by atoms with van der Waals surface area (Å²) < 4.78 is 25.5. The van der Waals surface area contributed by atoms with Crippen molar-refractivity contribution in [1.29, 1.82) is 0 Å². The number of allylic oxidation sites excluding steroid dienone is 2. The number of nitrogens with two attached hydrogens (primary N) is 1. The molecule has 0 bridgehead atoms. The van der Waals surface area contributed by atoms with Gasteiger partial charge in [-0.25, -0.2) is 0 Å². The minimum absolute atomic E-state index is 0.247. The largest absolute Gasteiger partial charge is 0.510 e. The molecule has 0 fully saturated rings. The Morgan fingerprint density at radius 2 is 2.00 bits per heavy atom. The van der Waals surface area contributed by atoms with Crippen LogP contribution >= 0.6 is 0 Å². The van der Waals surface area contributed by atoms with Crippen molar-refractivity contribution in [3.63, 3.8) is 0 Å². The Bertz CT molecular complexity index is 189. The van der Waals surface area contributed by atoms with Gasteiger partial charge in [0.2, 0.25) is 0 Å². The molecule has 0 radical (unpaired) electrons. The molecular formula is C7H11F2NO. The van der Waals surface area contributed by atoms with Gasteiger partial charge in [0.15, 0.2) is 0 Å². The predicted octanol–water partition coefficient (Wildman–Crippen LogP) is 1.92. The van der Waals surface area contributed by atoms with Gasteiger partial charge in [0.1, 0.15) is 11.5 Å². The van der Waals surface area contributed by atoms with Crippen molar-refractivity contribution in [3.8, 4) is 0 Å². The summed E-state index contributed by atoms with van der Waals surface area (Å²) in [6.45, 7) is 0. The molecule has 0 aromatic heterocycles. The molecule has 0 saturated heterocycles. The molecule has 0 spiro atoms. The molecule has 0 unspecified atom stereocenters. The van der Waals surface area contributed by atoms with E-state index in [2.05, 4.69) is 0 Å². The lowest BCUT2D eigenvalue weighted by atomic mass is 10.1. The summed E-state index contributed by atoms with van der Waals surface area (Å²) in [6.07, 6.45) is 1.03. The second kappa shape index (κ2) is 2.68. The molecule has 0 amide bonds. The van der Waals surface area contributed by atoms with Gasteiger partial charge in [-0.15, -0.1) is 0 Å². The Labute approximate surface area is 63.7 Å². The zero-order valence-corrected chi connectivity index (χ0v) is 6.11. The van der Waals surface area contributed by atoms with Crippen LogP contribution < -0.4 is 5.73 Å². The minimum Gasteiger partial charge on any atom is -0.510 e. The number of hydrogen-bond donors (Lipinski definition) is 2. The number of aliphatic hydroxyl groups excluding tert-OH is 1. The molecule has 0 aromatic carbocycles. The third-order valence-corrected chi connectivity index (χ3v) is 1.86. The van der Waals surface area contributed by atoms with E-state index in [0.717, 1.165) is 0 Å². The molecule has 1 aliphatic carbocycles. The second-order valence-electron chi connectivity index (χ2n) is 2.77. The highest BCUT2D eigenvalue weighted by molar-refractivity contribution is 5.14. The Morgan fingerprint density at radius 3 is 2.64 bits per heavy atom. The monoisotopic (exact) mass is 163 g/mol. The molecule has 11 heavy (non-hydrogen) atoms. The van der Waals surface area contributed by atoms with E-state index in [1.807, 2.05) is 0 Å². The minimum atomic E-state index is -3.00. The van der Waals surface area contributed by atoms with Crippen molar-refractivity contribution < 1.29 is 13.9 Å². The molecule has 0 atom stereocenters. The predicted molar refractivity (Wildman–Crippen MR) is 37.3 cm³/mol. The van der Waals surface area contributed by atoms with E-state index in [1.165, 1.54) is 0 Å². The first-order valence-corrected chi connectivity index (χ1v) is 3.60. The highest BCUT2D eigenvalue weighted by Crippen LogP contribution is 2.32. The maximum Gasteiger partial charge on any atom is 0.290 e. The molecule has 0 saturated carbocycles. The van der Waals surface area contributed by atoms with Crippen LogP contribution in [0.3, 0.4) is 0 Å². The number of halogens is 2. The molecule has 4 heteroatoms. The molecule has 3 N–H and O–H groups in total. The Balaban J connectivity index is 2.88. The zero-order chi connectivity index (χ0) is 8.48. The van der Waals surface area contributed by atoms with Crippen LogP contribution in [0, 0.1) is 0 Å². The van der Waals surface area contributed by atoms with Gasteiger partial charge in [-0.2, -0.15) is 8.78 Å². The van der Waals surface area contributed by atoms with Crippen LogP contribution in [0.15, 0.2) is 11.5 Å². The lowest BCUT2D eigenvalue weighted by molar-refractivity contribution is 0.0275. The lowest BCUT2D eigenvalue weighted by Crippen LogP contribution is -2.25. The van der Waals surface area contributed by atoms with Gasteiger partial charge < -0.3 is 10.8 Å². The SMILES string of the molecule is NC1=C(O)CCCCC1(F)F. The van der Waals surface area contributed by atoms with E-state index in [0.29, 0.717) is 12.8 Å². The zero-order valence-electron chi connectivity index (χ0n) is 6.11. The van der Waals surface area contributed by atoms with Crippen LogP contribution in [0.25, 0.3) is 0 Å². The molecule has 0 heterocycles. The molecular weight excluding hydrogens is 152 g/mol. The van der Waals surface area contributed by atoms with E-state index in [9.17, 15) is 8.78 Å². The molecule has 0 aromatic rings. The summed E-state index contributed by atoms with van der Waals surface area (Å²) in [5.74, 6) is -3.34. The van der Waals surface area contributed by atoms with Gasteiger partial charge in [-0.05, 0) is 12.8 Å². The highest BCUT2D eigenvalue weighted by atomic mass is 19.3. The molecule has 2 nitrogen and oxygen atoms in total. The maximum absolute atomic E-state index is 12.8. The van der Waals surface area contributed by atoms with Crippen LogP contribution in [0.5, 0.6) is 0 Å². The van der Waals surface area contributed by atoms with Crippen molar-refractivity contribution in [2.75, 3.05) is 0 Å². The molecule has 0 aliphatic heterocycles.